The van der Waals surface area contributed by atoms with Gasteiger partial charge in [0.1, 0.15) is 5.01 Å². The highest BCUT2D eigenvalue weighted by Crippen LogP contribution is 2.46. The van der Waals surface area contributed by atoms with E-state index in [1.807, 2.05) is 11.3 Å². The first-order chi connectivity index (χ1) is 7.71. The fraction of sp³-hybridized carbons (Fsp3) is 0.750. The van der Waals surface area contributed by atoms with Crippen molar-refractivity contribution in [2.45, 2.75) is 49.9 Å². The second-order valence-corrected chi connectivity index (χ2v) is 7.25. The molecule has 4 heteroatoms. The molecular formula is C12H18N2S2. The van der Waals surface area contributed by atoms with E-state index in [1.165, 1.54) is 35.7 Å². The maximum atomic E-state index is 4.74. The van der Waals surface area contributed by atoms with Gasteiger partial charge in [0.15, 0.2) is 0 Å². The van der Waals surface area contributed by atoms with Crippen molar-refractivity contribution < 1.29 is 0 Å². The zero-order valence-electron chi connectivity index (χ0n) is 9.82. The molecule has 0 radical (unpaired) electrons. The summed E-state index contributed by atoms with van der Waals surface area (Å²) in [5.74, 6) is 1.26. The average molecular weight is 254 g/mol. The lowest BCUT2D eigenvalue weighted by molar-refractivity contribution is 0.328. The van der Waals surface area contributed by atoms with Gasteiger partial charge in [-0.15, -0.1) is 11.3 Å². The van der Waals surface area contributed by atoms with E-state index in [4.69, 9.17) is 4.98 Å². The fourth-order valence-electron chi connectivity index (χ4n) is 2.43. The van der Waals surface area contributed by atoms with Crippen molar-refractivity contribution in [1.29, 1.82) is 0 Å². The summed E-state index contributed by atoms with van der Waals surface area (Å²) in [6, 6.07) is 0.755. The summed E-state index contributed by atoms with van der Waals surface area (Å²) in [7, 11) is 0. The molecule has 1 saturated heterocycles. The molecule has 0 bridgehead atoms. The van der Waals surface area contributed by atoms with Crippen LogP contribution in [0.4, 0.5) is 0 Å². The van der Waals surface area contributed by atoms with Crippen molar-refractivity contribution >= 4 is 23.1 Å². The van der Waals surface area contributed by atoms with E-state index in [1.54, 1.807) is 0 Å². The molecule has 16 heavy (non-hydrogen) atoms. The standard InChI is InChI=1S/C12H18N2S2/c1-8-7-16-11(13-8)12(14-10-3-4-10)5-6-15-9(12)2/h7,9-10,14H,3-6H2,1-2H3. The second kappa shape index (κ2) is 4.00. The van der Waals surface area contributed by atoms with E-state index in [0.717, 1.165) is 6.04 Å². The van der Waals surface area contributed by atoms with Crippen molar-refractivity contribution in [3.05, 3.63) is 16.1 Å². The summed E-state index contributed by atoms with van der Waals surface area (Å²) in [5.41, 5.74) is 1.34. The molecule has 1 aromatic heterocycles. The van der Waals surface area contributed by atoms with Crippen LogP contribution in [0.25, 0.3) is 0 Å². The first-order valence-electron chi connectivity index (χ1n) is 6.02. The molecule has 2 nitrogen and oxygen atoms in total. The van der Waals surface area contributed by atoms with Crippen molar-refractivity contribution in [3.63, 3.8) is 0 Å². The number of aryl methyl sites for hydroxylation is 1. The number of thioether (sulfide) groups is 1. The van der Waals surface area contributed by atoms with Gasteiger partial charge in [-0.05, 0) is 31.9 Å². The van der Waals surface area contributed by atoms with E-state index < -0.39 is 0 Å². The molecule has 2 unspecified atom stereocenters. The number of nitrogens with one attached hydrogen (secondary N) is 1. The average Bonchev–Trinajstić information content (AvgIpc) is 2.83. The molecule has 2 atom stereocenters. The van der Waals surface area contributed by atoms with Gasteiger partial charge in [0, 0.05) is 22.4 Å². The maximum absolute atomic E-state index is 4.74. The summed E-state index contributed by atoms with van der Waals surface area (Å²) in [4.78, 5) is 4.74. The summed E-state index contributed by atoms with van der Waals surface area (Å²) >= 11 is 3.91. The number of hydrogen-bond donors (Lipinski definition) is 1. The molecule has 2 fully saturated rings. The van der Waals surface area contributed by atoms with Crippen molar-refractivity contribution in [2.75, 3.05) is 5.75 Å². The minimum Gasteiger partial charge on any atom is -0.302 e. The third kappa shape index (κ3) is 1.81. The first kappa shape index (κ1) is 11.1. The Balaban J connectivity index is 1.93. The molecule has 1 N–H and O–H groups in total. The van der Waals surface area contributed by atoms with E-state index in [-0.39, 0.29) is 5.54 Å². The van der Waals surface area contributed by atoms with Crippen molar-refractivity contribution in [1.82, 2.24) is 10.3 Å². The predicted molar refractivity (Wildman–Crippen MR) is 71.2 cm³/mol. The molecule has 1 aliphatic carbocycles. The number of hydrogen-bond acceptors (Lipinski definition) is 4. The Morgan fingerprint density at radius 2 is 2.31 bits per heavy atom. The monoisotopic (exact) mass is 254 g/mol. The first-order valence-corrected chi connectivity index (χ1v) is 7.95. The molecule has 0 amide bonds. The van der Waals surface area contributed by atoms with Crippen LogP contribution >= 0.6 is 23.1 Å². The lowest BCUT2D eigenvalue weighted by Crippen LogP contribution is -2.47. The minimum absolute atomic E-state index is 0.171. The van der Waals surface area contributed by atoms with Crippen LogP contribution in [0.1, 0.15) is 36.9 Å². The van der Waals surface area contributed by atoms with Crippen molar-refractivity contribution in [2.24, 2.45) is 0 Å². The number of aromatic nitrogens is 1. The Kier molecular flexibility index (Phi) is 2.76. The smallest absolute Gasteiger partial charge is 0.114 e. The molecule has 2 heterocycles. The fourth-order valence-corrected chi connectivity index (χ4v) is 4.95. The Bertz CT molecular complexity index is 386. The van der Waals surface area contributed by atoms with Crippen LogP contribution in [-0.4, -0.2) is 22.0 Å². The Hall–Kier alpha value is -0.0600. The Labute approximate surface area is 105 Å². The highest BCUT2D eigenvalue weighted by atomic mass is 32.2. The van der Waals surface area contributed by atoms with Crippen molar-refractivity contribution in [3.8, 4) is 0 Å². The molecule has 0 spiro atoms. The molecule has 1 saturated carbocycles. The summed E-state index contributed by atoms with van der Waals surface area (Å²) in [6.07, 6.45) is 3.94. The Morgan fingerprint density at radius 3 is 2.81 bits per heavy atom. The number of nitrogens with zero attached hydrogens (tertiary/aromatic N) is 1. The topological polar surface area (TPSA) is 24.9 Å². The molecule has 2 aliphatic rings. The summed E-state index contributed by atoms with van der Waals surface area (Å²) in [6.45, 7) is 4.45. The van der Waals surface area contributed by atoms with E-state index >= 15 is 0 Å². The van der Waals surface area contributed by atoms with Crippen LogP contribution in [0.5, 0.6) is 0 Å². The molecular weight excluding hydrogens is 236 g/mol. The van der Waals surface area contributed by atoms with Crippen LogP contribution in [-0.2, 0) is 5.54 Å². The summed E-state index contributed by atoms with van der Waals surface area (Å²) in [5, 5.41) is 8.02. The Morgan fingerprint density at radius 1 is 1.50 bits per heavy atom. The van der Waals surface area contributed by atoms with Crippen LogP contribution in [0.15, 0.2) is 5.38 Å². The zero-order chi connectivity index (χ0) is 11.2. The predicted octanol–water partition coefficient (Wildman–Crippen LogP) is 2.92. The van der Waals surface area contributed by atoms with Gasteiger partial charge in [-0.1, -0.05) is 6.92 Å². The SMILES string of the molecule is Cc1csc(C2(NC3CC3)CCSC2C)n1. The lowest BCUT2D eigenvalue weighted by atomic mass is 9.93. The highest BCUT2D eigenvalue weighted by molar-refractivity contribution is 8.00. The van der Waals surface area contributed by atoms with E-state index in [2.05, 4.69) is 36.3 Å². The van der Waals surface area contributed by atoms with Gasteiger partial charge in [-0.2, -0.15) is 11.8 Å². The van der Waals surface area contributed by atoms with Gasteiger partial charge < -0.3 is 5.32 Å². The maximum Gasteiger partial charge on any atom is 0.114 e. The van der Waals surface area contributed by atoms with Gasteiger partial charge >= 0.3 is 0 Å². The molecule has 88 valence electrons. The number of thiazole rings is 1. The number of rotatable bonds is 3. The third-order valence-corrected chi connectivity index (χ3v) is 6.08. The van der Waals surface area contributed by atoms with Gasteiger partial charge in [0.05, 0.1) is 5.54 Å². The largest absolute Gasteiger partial charge is 0.302 e. The van der Waals surface area contributed by atoms with Gasteiger partial charge in [-0.3, -0.25) is 0 Å². The highest BCUT2D eigenvalue weighted by Gasteiger charge is 2.47. The van der Waals surface area contributed by atoms with Gasteiger partial charge in [0.25, 0.3) is 0 Å². The molecule has 0 aromatic carbocycles. The summed E-state index contributed by atoms with van der Waals surface area (Å²) < 4.78 is 0. The van der Waals surface area contributed by atoms with Gasteiger partial charge in [0.2, 0.25) is 0 Å². The second-order valence-electron chi connectivity index (χ2n) is 4.95. The van der Waals surface area contributed by atoms with Crippen LogP contribution < -0.4 is 5.32 Å². The minimum atomic E-state index is 0.171. The van der Waals surface area contributed by atoms with E-state index in [9.17, 15) is 0 Å². The van der Waals surface area contributed by atoms with Crippen LogP contribution in [0.2, 0.25) is 0 Å². The van der Waals surface area contributed by atoms with Gasteiger partial charge in [-0.25, -0.2) is 4.98 Å². The molecule has 1 aliphatic heterocycles. The normalized spacial score (nSPS) is 34.5. The van der Waals surface area contributed by atoms with E-state index in [0.29, 0.717) is 5.25 Å². The van der Waals surface area contributed by atoms with Crippen LogP contribution in [0, 0.1) is 6.92 Å². The molecule has 1 aromatic rings. The third-order valence-electron chi connectivity index (χ3n) is 3.60. The zero-order valence-corrected chi connectivity index (χ0v) is 11.5. The lowest BCUT2D eigenvalue weighted by Gasteiger charge is -2.32. The van der Waals surface area contributed by atoms with Crippen LogP contribution in [0.3, 0.4) is 0 Å². The quantitative estimate of drug-likeness (QED) is 0.898. The molecule has 3 rings (SSSR count).